The molecular weight excluding hydrogens is 324 g/mol. The first-order valence-corrected chi connectivity index (χ1v) is 7.28. The Labute approximate surface area is 123 Å². The number of halogens is 1. The van der Waals surface area contributed by atoms with E-state index >= 15 is 0 Å². The Bertz CT molecular complexity index is 650. The minimum atomic E-state index is -0.992. The van der Waals surface area contributed by atoms with Crippen molar-refractivity contribution < 1.29 is 9.90 Å². The van der Waals surface area contributed by atoms with Gasteiger partial charge in [-0.25, -0.2) is 4.79 Å². The zero-order chi connectivity index (χ0) is 14.1. The van der Waals surface area contributed by atoms with E-state index in [-0.39, 0.29) is 5.56 Å². The third-order valence-electron chi connectivity index (χ3n) is 3.64. The second kappa shape index (κ2) is 5.32. The number of hydrogen-bond acceptors (Lipinski definition) is 4. The van der Waals surface area contributed by atoms with Crippen molar-refractivity contribution in [1.29, 1.82) is 0 Å². The Morgan fingerprint density at radius 3 is 2.80 bits per heavy atom. The predicted octanol–water partition coefficient (Wildman–Crippen LogP) is 2.78. The molecule has 7 heteroatoms. The molecule has 1 aromatic carbocycles. The molecular formula is C13H13BrN4O2. The van der Waals surface area contributed by atoms with Crippen LogP contribution in [0.25, 0.3) is 5.69 Å². The van der Waals surface area contributed by atoms with Gasteiger partial charge in [0.15, 0.2) is 5.82 Å². The fourth-order valence-corrected chi connectivity index (χ4v) is 3.23. The molecule has 0 saturated heterocycles. The van der Waals surface area contributed by atoms with E-state index in [9.17, 15) is 9.90 Å². The van der Waals surface area contributed by atoms with Crippen LogP contribution in [0.2, 0.25) is 0 Å². The number of rotatable bonds is 3. The van der Waals surface area contributed by atoms with Crippen molar-refractivity contribution >= 4 is 21.9 Å². The van der Waals surface area contributed by atoms with Crippen LogP contribution >= 0.6 is 15.9 Å². The molecule has 1 aliphatic rings. The first-order chi connectivity index (χ1) is 9.68. The fraction of sp³-hybridized carbons (Fsp3) is 0.385. The van der Waals surface area contributed by atoms with Crippen molar-refractivity contribution in [3.8, 4) is 5.69 Å². The van der Waals surface area contributed by atoms with Gasteiger partial charge in [-0.3, -0.25) is 0 Å². The summed E-state index contributed by atoms with van der Waals surface area (Å²) in [6, 6.07) is 5.04. The quantitative estimate of drug-likeness (QED) is 0.931. The summed E-state index contributed by atoms with van der Waals surface area (Å²) < 4.78 is 2.23. The maximum absolute atomic E-state index is 11.4. The average molecular weight is 337 g/mol. The van der Waals surface area contributed by atoms with Crippen molar-refractivity contribution in [2.24, 2.45) is 0 Å². The first kappa shape index (κ1) is 13.2. The lowest BCUT2D eigenvalue weighted by atomic mass is 10.1. The van der Waals surface area contributed by atoms with Crippen LogP contribution in [0.4, 0.5) is 0 Å². The van der Waals surface area contributed by atoms with E-state index in [2.05, 4.69) is 31.5 Å². The molecule has 0 spiro atoms. The van der Waals surface area contributed by atoms with Gasteiger partial charge in [0.05, 0.1) is 11.3 Å². The smallest absolute Gasteiger partial charge is 0.337 e. The highest BCUT2D eigenvalue weighted by atomic mass is 79.9. The number of carbonyl (C=O) groups is 1. The summed E-state index contributed by atoms with van der Waals surface area (Å²) in [6.45, 7) is 0. The SMILES string of the molecule is O=C(O)c1cccc(Br)c1-n1nnnc1C1CCCC1. The molecule has 2 aromatic rings. The Balaban J connectivity index is 2.14. The minimum absolute atomic E-state index is 0.186. The predicted molar refractivity (Wildman–Crippen MR) is 75.0 cm³/mol. The molecule has 3 rings (SSSR count). The molecule has 1 N–H and O–H groups in total. The summed E-state index contributed by atoms with van der Waals surface area (Å²) in [7, 11) is 0. The molecule has 0 unspecified atom stereocenters. The van der Waals surface area contributed by atoms with Crippen LogP contribution in [0.1, 0.15) is 47.8 Å². The molecule has 0 amide bonds. The molecule has 104 valence electrons. The van der Waals surface area contributed by atoms with E-state index in [0.717, 1.165) is 18.7 Å². The highest BCUT2D eigenvalue weighted by Gasteiger charge is 2.26. The van der Waals surface area contributed by atoms with Gasteiger partial charge in [-0.05, 0) is 51.3 Å². The molecule has 6 nitrogen and oxygen atoms in total. The van der Waals surface area contributed by atoms with Gasteiger partial charge in [0.25, 0.3) is 0 Å². The van der Waals surface area contributed by atoms with E-state index in [1.54, 1.807) is 22.9 Å². The van der Waals surface area contributed by atoms with E-state index in [4.69, 9.17) is 0 Å². The first-order valence-electron chi connectivity index (χ1n) is 6.49. The Hall–Kier alpha value is -1.76. The summed E-state index contributed by atoms with van der Waals surface area (Å²) in [5.74, 6) is 0.0600. The zero-order valence-corrected chi connectivity index (χ0v) is 12.2. The van der Waals surface area contributed by atoms with E-state index in [1.165, 1.54) is 12.8 Å². The van der Waals surface area contributed by atoms with Crippen molar-refractivity contribution in [2.45, 2.75) is 31.6 Å². The van der Waals surface area contributed by atoms with Crippen LogP contribution in [0.15, 0.2) is 22.7 Å². The second-order valence-electron chi connectivity index (χ2n) is 4.87. The standard InChI is InChI=1S/C13H13BrN4O2/c14-10-7-3-6-9(13(19)20)11(10)18-12(15-16-17-18)8-4-1-2-5-8/h3,6-8H,1-2,4-5H2,(H,19,20). The molecule has 0 radical (unpaired) electrons. The Morgan fingerprint density at radius 1 is 1.35 bits per heavy atom. The number of carboxylic acid groups (broad SMARTS) is 1. The van der Waals surface area contributed by atoms with Crippen LogP contribution in [-0.4, -0.2) is 31.3 Å². The molecule has 1 saturated carbocycles. The van der Waals surface area contributed by atoms with Crippen LogP contribution in [0.5, 0.6) is 0 Å². The number of carboxylic acids is 1. The minimum Gasteiger partial charge on any atom is -0.478 e. The van der Waals surface area contributed by atoms with Crippen LogP contribution in [0, 0.1) is 0 Å². The van der Waals surface area contributed by atoms with Crippen LogP contribution in [0.3, 0.4) is 0 Å². The van der Waals surface area contributed by atoms with Gasteiger partial charge < -0.3 is 5.11 Å². The van der Waals surface area contributed by atoms with Gasteiger partial charge in [-0.2, -0.15) is 4.68 Å². The summed E-state index contributed by atoms with van der Waals surface area (Å²) >= 11 is 3.40. The van der Waals surface area contributed by atoms with Gasteiger partial charge in [0.1, 0.15) is 0 Å². The molecule has 0 aliphatic heterocycles. The molecule has 1 aliphatic carbocycles. The number of aromatic nitrogens is 4. The lowest BCUT2D eigenvalue weighted by Gasteiger charge is -2.13. The normalized spacial score (nSPS) is 15.7. The molecule has 1 fully saturated rings. The van der Waals surface area contributed by atoms with Crippen molar-refractivity contribution in [1.82, 2.24) is 20.2 Å². The van der Waals surface area contributed by atoms with Gasteiger partial charge in [-0.1, -0.05) is 18.9 Å². The monoisotopic (exact) mass is 336 g/mol. The summed E-state index contributed by atoms with van der Waals surface area (Å²) in [4.78, 5) is 11.4. The number of nitrogens with zero attached hydrogens (tertiary/aromatic N) is 4. The maximum Gasteiger partial charge on any atom is 0.337 e. The molecule has 1 heterocycles. The fourth-order valence-electron chi connectivity index (χ4n) is 2.70. The lowest BCUT2D eigenvalue weighted by Crippen LogP contribution is -2.12. The number of benzene rings is 1. The van der Waals surface area contributed by atoms with Crippen molar-refractivity contribution in [2.75, 3.05) is 0 Å². The van der Waals surface area contributed by atoms with E-state index in [0.29, 0.717) is 16.1 Å². The van der Waals surface area contributed by atoms with Crippen LogP contribution in [-0.2, 0) is 0 Å². The third-order valence-corrected chi connectivity index (χ3v) is 4.28. The lowest BCUT2D eigenvalue weighted by molar-refractivity contribution is 0.0696. The number of hydrogen-bond donors (Lipinski definition) is 1. The average Bonchev–Trinajstić information content (AvgIpc) is 3.08. The van der Waals surface area contributed by atoms with Crippen molar-refractivity contribution in [3.63, 3.8) is 0 Å². The van der Waals surface area contributed by atoms with Gasteiger partial charge in [0.2, 0.25) is 0 Å². The molecule has 0 bridgehead atoms. The van der Waals surface area contributed by atoms with Gasteiger partial charge in [-0.15, -0.1) is 5.10 Å². The van der Waals surface area contributed by atoms with Crippen LogP contribution < -0.4 is 0 Å². The van der Waals surface area contributed by atoms with Crippen molar-refractivity contribution in [3.05, 3.63) is 34.1 Å². The molecule has 0 atom stereocenters. The zero-order valence-electron chi connectivity index (χ0n) is 10.7. The Kier molecular flexibility index (Phi) is 3.52. The van der Waals surface area contributed by atoms with Gasteiger partial charge in [0, 0.05) is 10.4 Å². The number of para-hydroxylation sites is 1. The Morgan fingerprint density at radius 2 is 2.10 bits per heavy atom. The van der Waals surface area contributed by atoms with E-state index < -0.39 is 5.97 Å². The summed E-state index contributed by atoms with van der Waals surface area (Å²) in [5, 5.41) is 21.2. The molecule has 1 aromatic heterocycles. The summed E-state index contributed by atoms with van der Waals surface area (Å²) in [6.07, 6.45) is 4.43. The topological polar surface area (TPSA) is 80.9 Å². The highest BCUT2D eigenvalue weighted by Crippen LogP contribution is 2.35. The second-order valence-corrected chi connectivity index (χ2v) is 5.73. The third kappa shape index (κ3) is 2.22. The number of tetrazole rings is 1. The number of aromatic carboxylic acids is 1. The highest BCUT2D eigenvalue weighted by molar-refractivity contribution is 9.10. The van der Waals surface area contributed by atoms with Gasteiger partial charge >= 0.3 is 5.97 Å². The largest absolute Gasteiger partial charge is 0.478 e. The maximum atomic E-state index is 11.4. The molecule has 20 heavy (non-hydrogen) atoms. The van der Waals surface area contributed by atoms with E-state index in [1.807, 2.05) is 0 Å². The summed E-state index contributed by atoms with van der Waals surface area (Å²) in [5.41, 5.74) is 0.679.